The lowest BCUT2D eigenvalue weighted by molar-refractivity contribution is 0.559. The van der Waals surface area contributed by atoms with Gasteiger partial charge in [0.05, 0.1) is 21.7 Å². The zero-order chi connectivity index (χ0) is 14.2. The Bertz CT molecular complexity index is 719. The molecular weight excluding hydrogens is 290 g/mol. The fourth-order valence-electron chi connectivity index (χ4n) is 2.86. The number of thiazole rings is 1. The zero-order valence-corrected chi connectivity index (χ0v) is 13.0. The Balaban J connectivity index is 1.92. The van der Waals surface area contributed by atoms with Crippen LogP contribution in [0.15, 0.2) is 29.6 Å². The van der Waals surface area contributed by atoms with Crippen molar-refractivity contribution in [1.29, 1.82) is 0 Å². The van der Waals surface area contributed by atoms with Gasteiger partial charge < -0.3 is 0 Å². The molecule has 3 nitrogen and oxygen atoms in total. The molecule has 3 rings (SSSR count). The Labute approximate surface area is 123 Å². The summed E-state index contributed by atoms with van der Waals surface area (Å²) in [6.07, 6.45) is 2.65. The maximum atomic E-state index is 12.7. The van der Waals surface area contributed by atoms with Gasteiger partial charge in [0.1, 0.15) is 0 Å². The van der Waals surface area contributed by atoms with Crippen molar-refractivity contribution in [1.82, 2.24) is 4.98 Å². The highest BCUT2D eigenvalue weighted by Crippen LogP contribution is 2.37. The number of rotatable bonds is 3. The minimum atomic E-state index is -3.19. The van der Waals surface area contributed by atoms with Gasteiger partial charge in [-0.1, -0.05) is 24.3 Å². The summed E-state index contributed by atoms with van der Waals surface area (Å²) in [4.78, 5) is 4.29. The van der Waals surface area contributed by atoms with Crippen molar-refractivity contribution in [2.75, 3.05) is 0 Å². The van der Waals surface area contributed by atoms with E-state index in [0.717, 1.165) is 29.8 Å². The quantitative estimate of drug-likeness (QED) is 0.872. The first-order valence-corrected chi connectivity index (χ1v) is 9.36. The molecule has 1 atom stereocenters. The van der Waals surface area contributed by atoms with Gasteiger partial charge in [0.15, 0.2) is 9.84 Å². The van der Waals surface area contributed by atoms with Crippen molar-refractivity contribution >= 4 is 21.2 Å². The molecule has 2 aromatic rings. The van der Waals surface area contributed by atoms with Crippen molar-refractivity contribution in [3.05, 3.63) is 51.5 Å². The molecule has 20 heavy (non-hydrogen) atoms. The van der Waals surface area contributed by atoms with Crippen LogP contribution in [0.2, 0.25) is 0 Å². The first-order chi connectivity index (χ1) is 9.56. The number of benzene rings is 1. The summed E-state index contributed by atoms with van der Waals surface area (Å²) in [6, 6.07) is 7.92. The molecule has 106 valence electrons. The molecule has 0 bridgehead atoms. The van der Waals surface area contributed by atoms with E-state index in [-0.39, 0.29) is 11.0 Å². The van der Waals surface area contributed by atoms with Gasteiger partial charge in [0.2, 0.25) is 0 Å². The van der Waals surface area contributed by atoms with Crippen molar-refractivity contribution in [2.24, 2.45) is 0 Å². The van der Waals surface area contributed by atoms with Gasteiger partial charge in [-0.2, -0.15) is 0 Å². The second kappa shape index (κ2) is 5.30. The summed E-state index contributed by atoms with van der Waals surface area (Å²) in [5.41, 5.74) is 2.85. The third kappa shape index (κ3) is 2.65. The lowest BCUT2D eigenvalue weighted by atomic mass is 9.91. The molecule has 0 fully saturated rings. The third-order valence-corrected chi connectivity index (χ3v) is 6.64. The Morgan fingerprint density at radius 2 is 2.15 bits per heavy atom. The van der Waals surface area contributed by atoms with E-state index < -0.39 is 9.84 Å². The zero-order valence-electron chi connectivity index (χ0n) is 11.4. The summed E-state index contributed by atoms with van der Waals surface area (Å²) in [6.45, 7) is 1.90. The van der Waals surface area contributed by atoms with Crippen molar-refractivity contribution in [3.63, 3.8) is 0 Å². The van der Waals surface area contributed by atoms with Gasteiger partial charge in [-0.3, -0.25) is 0 Å². The predicted molar refractivity (Wildman–Crippen MR) is 81.6 cm³/mol. The molecular formula is C15H17NO2S2. The molecule has 1 aromatic heterocycles. The second-order valence-corrected chi connectivity index (χ2v) is 8.49. The largest absolute Gasteiger partial charge is 0.246 e. The first-order valence-electron chi connectivity index (χ1n) is 6.76. The van der Waals surface area contributed by atoms with E-state index in [9.17, 15) is 8.42 Å². The van der Waals surface area contributed by atoms with Crippen LogP contribution < -0.4 is 0 Å². The summed E-state index contributed by atoms with van der Waals surface area (Å²) in [5, 5.41) is 2.40. The SMILES string of the molecule is Cc1nc(CS(=O)(=O)[C@@H]2CCCc3ccccc32)cs1. The minimum absolute atomic E-state index is 0.0519. The van der Waals surface area contributed by atoms with E-state index in [2.05, 4.69) is 4.98 Å². The van der Waals surface area contributed by atoms with Crippen LogP contribution in [-0.4, -0.2) is 13.4 Å². The monoisotopic (exact) mass is 307 g/mol. The molecule has 1 aliphatic rings. The highest BCUT2D eigenvalue weighted by molar-refractivity contribution is 7.90. The van der Waals surface area contributed by atoms with Crippen LogP contribution >= 0.6 is 11.3 Å². The normalized spacial score (nSPS) is 18.8. The summed E-state index contributed by atoms with van der Waals surface area (Å²) in [5.74, 6) is 0.0519. The van der Waals surface area contributed by atoms with Crippen molar-refractivity contribution < 1.29 is 8.42 Å². The molecule has 1 aromatic carbocycles. The number of aromatic nitrogens is 1. The van der Waals surface area contributed by atoms with Crippen LogP contribution in [0.3, 0.4) is 0 Å². The van der Waals surface area contributed by atoms with Gasteiger partial charge in [0.25, 0.3) is 0 Å². The number of nitrogens with zero attached hydrogens (tertiary/aromatic N) is 1. The van der Waals surface area contributed by atoms with Crippen LogP contribution in [0.1, 0.15) is 39.9 Å². The van der Waals surface area contributed by atoms with E-state index in [1.54, 1.807) is 0 Å². The van der Waals surface area contributed by atoms with Gasteiger partial charge >= 0.3 is 0 Å². The van der Waals surface area contributed by atoms with E-state index >= 15 is 0 Å². The smallest absolute Gasteiger partial charge is 0.163 e. The van der Waals surface area contributed by atoms with Gasteiger partial charge in [-0.25, -0.2) is 13.4 Å². The van der Waals surface area contributed by atoms with Crippen LogP contribution in [0, 0.1) is 6.92 Å². The van der Waals surface area contributed by atoms with Crippen LogP contribution in [0.4, 0.5) is 0 Å². The van der Waals surface area contributed by atoms with E-state index in [4.69, 9.17) is 0 Å². The van der Waals surface area contributed by atoms with E-state index in [1.165, 1.54) is 16.9 Å². The standard InChI is InChI=1S/C15H17NO2S2/c1-11-16-13(9-19-11)10-20(17,18)15-8-4-6-12-5-2-3-7-14(12)15/h2-3,5,7,9,15H,4,6,8,10H2,1H3/t15-/m1/s1. The highest BCUT2D eigenvalue weighted by Gasteiger charge is 2.31. The third-order valence-electron chi connectivity index (χ3n) is 3.76. The topological polar surface area (TPSA) is 47.0 Å². The molecule has 1 heterocycles. The lowest BCUT2D eigenvalue weighted by Gasteiger charge is -2.25. The highest BCUT2D eigenvalue weighted by atomic mass is 32.2. The average molecular weight is 307 g/mol. The Kier molecular flexibility index (Phi) is 3.65. The molecule has 0 saturated heterocycles. The first kappa shape index (κ1) is 13.8. The maximum Gasteiger partial charge on any atom is 0.163 e. The molecule has 5 heteroatoms. The predicted octanol–water partition coefficient (Wildman–Crippen LogP) is 3.44. The Morgan fingerprint density at radius 1 is 1.35 bits per heavy atom. The number of sulfone groups is 1. The number of hydrogen-bond acceptors (Lipinski definition) is 4. The molecule has 0 radical (unpaired) electrons. The van der Waals surface area contributed by atoms with Crippen molar-refractivity contribution in [3.8, 4) is 0 Å². The fraction of sp³-hybridized carbons (Fsp3) is 0.400. The molecule has 0 unspecified atom stereocenters. The van der Waals surface area contributed by atoms with Gasteiger partial charge in [-0.15, -0.1) is 11.3 Å². The fourth-order valence-corrected chi connectivity index (χ4v) is 5.49. The summed E-state index contributed by atoms with van der Waals surface area (Å²) < 4.78 is 25.4. The molecule has 0 spiro atoms. The molecule has 0 amide bonds. The number of aryl methyl sites for hydroxylation is 2. The van der Waals surface area contributed by atoms with Crippen LogP contribution in [0.25, 0.3) is 0 Å². The Morgan fingerprint density at radius 3 is 2.90 bits per heavy atom. The van der Waals surface area contributed by atoms with E-state index in [0.29, 0.717) is 5.69 Å². The molecule has 0 saturated carbocycles. The number of hydrogen-bond donors (Lipinski definition) is 0. The average Bonchev–Trinajstić information content (AvgIpc) is 2.82. The Hall–Kier alpha value is -1.20. The molecule has 0 aliphatic heterocycles. The maximum absolute atomic E-state index is 12.7. The molecule has 1 aliphatic carbocycles. The van der Waals surface area contributed by atoms with Crippen molar-refractivity contribution in [2.45, 2.75) is 37.2 Å². The van der Waals surface area contributed by atoms with E-state index in [1.807, 2.05) is 36.6 Å². The lowest BCUT2D eigenvalue weighted by Crippen LogP contribution is -2.20. The molecule has 0 N–H and O–H groups in total. The minimum Gasteiger partial charge on any atom is -0.246 e. The van der Waals surface area contributed by atoms with Gasteiger partial charge in [0, 0.05) is 5.38 Å². The van der Waals surface area contributed by atoms with Crippen LogP contribution in [0.5, 0.6) is 0 Å². The summed E-state index contributed by atoms with van der Waals surface area (Å²) in [7, 11) is -3.19. The van der Waals surface area contributed by atoms with Gasteiger partial charge in [-0.05, 0) is 37.3 Å². The number of fused-ring (bicyclic) bond motifs is 1. The second-order valence-electron chi connectivity index (χ2n) is 5.24. The summed E-state index contributed by atoms with van der Waals surface area (Å²) >= 11 is 1.50. The van der Waals surface area contributed by atoms with Crippen LogP contribution in [-0.2, 0) is 22.0 Å².